The first-order valence-corrected chi connectivity index (χ1v) is 12.0. The van der Waals surface area contributed by atoms with Crippen molar-refractivity contribution in [3.63, 3.8) is 0 Å². The van der Waals surface area contributed by atoms with Crippen LogP contribution >= 0.6 is 0 Å². The number of nitrogens with zero attached hydrogens (tertiary/aromatic N) is 1. The predicted molar refractivity (Wildman–Crippen MR) is 123 cm³/mol. The molecule has 2 atom stereocenters. The number of benzene rings is 1. The molecule has 6 heteroatoms. The van der Waals surface area contributed by atoms with Gasteiger partial charge in [-0.2, -0.15) is 0 Å². The molecule has 2 aliphatic rings. The lowest BCUT2D eigenvalue weighted by atomic mass is 9.80. The quantitative estimate of drug-likeness (QED) is 0.612. The van der Waals surface area contributed by atoms with Crippen LogP contribution in [0, 0.1) is 17.7 Å². The lowest BCUT2D eigenvalue weighted by molar-refractivity contribution is -0.126. The second kappa shape index (κ2) is 10.1. The highest BCUT2D eigenvalue weighted by Crippen LogP contribution is 2.36. The second-order valence-electron chi connectivity index (χ2n) is 10.4. The average Bonchev–Trinajstić information content (AvgIpc) is 2.77. The monoisotopic (exact) mass is 444 g/mol. The molecular formula is C26H37FN2O3. The van der Waals surface area contributed by atoms with Crippen molar-refractivity contribution < 1.29 is 18.8 Å². The van der Waals surface area contributed by atoms with E-state index in [0.29, 0.717) is 12.1 Å². The number of amides is 2. The van der Waals surface area contributed by atoms with Crippen LogP contribution in [0.4, 0.5) is 4.39 Å². The number of nitrogens with one attached hydrogen (secondary N) is 1. The van der Waals surface area contributed by atoms with Gasteiger partial charge in [0.1, 0.15) is 5.82 Å². The minimum atomic E-state index is -0.577. The van der Waals surface area contributed by atoms with Gasteiger partial charge in [0.25, 0.3) is 5.91 Å². The van der Waals surface area contributed by atoms with Crippen molar-refractivity contribution in [3.05, 3.63) is 35.1 Å². The molecule has 1 heterocycles. The van der Waals surface area contributed by atoms with Crippen LogP contribution in [-0.2, 0) is 9.59 Å². The summed E-state index contributed by atoms with van der Waals surface area (Å²) in [6.07, 6.45) is 7.41. The van der Waals surface area contributed by atoms with Gasteiger partial charge in [0.15, 0.2) is 5.78 Å². The summed E-state index contributed by atoms with van der Waals surface area (Å²) in [7, 11) is 0. The van der Waals surface area contributed by atoms with Crippen molar-refractivity contribution in [1.29, 1.82) is 0 Å². The van der Waals surface area contributed by atoms with Crippen molar-refractivity contribution in [3.8, 4) is 0 Å². The molecule has 3 rings (SSSR count). The van der Waals surface area contributed by atoms with E-state index in [1.54, 1.807) is 17.0 Å². The van der Waals surface area contributed by atoms with Crippen LogP contribution in [-0.4, -0.2) is 41.1 Å². The van der Waals surface area contributed by atoms with Crippen molar-refractivity contribution in [2.75, 3.05) is 6.54 Å². The number of piperidine rings is 1. The third-order valence-electron chi connectivity index (χ3n) is 7.42. The Balaban J connectivity index is 1.82. The van der Waals surface area contributed by atoms with E-state index in [1.807, 2.05) is 27.7 Å². The molecule has 1 aromatic carbocycles. The fraction of sp³-hybridized carbons (Fsp3) is 0.654. The summed E-state index contributed by atoms with van der Waals surface area (Å²) < 4.78 is 15.5. The highest BCUT2D eigenvalue weighted by molar-refractivity contribution is 5.98. The Hall–Kier alpha value is -2.24. The molecule has 2 fully saturated rings. The van der Waals surface area contributed by atoms with Crippen LogP contribution in [0.5, 0.6) is 0 Å². The van der Waals surface area contributed by atoms with Gasteiger partial charge in [-0.05, 0) is 57.1 Å². The summed E-state index contributed by atoms with van der Waals surface area (Å²) >= 11 is 0. The third kappa shape index (κ3) is 5.21. The molecule has 0 spiro atoms. The molecule has 0 bridgehead atoms. The first-order chi connectivity index (χ1) is 15.2. The zero-order chi connectivity index (χ0) is 23.5. The summed E-state index contributed by atoms with van der Waals surface area (Å²) in [5, 5.41) is 2.89. The Morgan fingerprint density at radius 1 is 1.16 bits per heavy atom. The molecule has 1 N–H and O–H groups in total. The summed E-state index contributed by atoms with van der Waals surface area (Å²) in [4.78, 5) is 39.3. The molecule has 2 unspecified atom stereocenters. The first kappa shape index (κ1) is 24.4. The summed E-state index contributed by atoms with van der Waals surface area (Å²) in [6.45, 7) is 8.13. The maximum absolute atomic E-state index is 15.5. The van der Waals surface area contributed by atoms with Gasteiger partial charge in [0, 0.05) is 23.9 Å². The lowest BCUT2D eigenvalue weighted by Crippen LogP contribution is -2.49. The van der Waals surface area contributed by atoms with E-state index in [0.717, 1.165) is 51.4 Å². The van der Waals surface area contributed by atoms with Crippen LogP contribution in [0.2, 0.25) is 0 Å². The van der Waals surface area contributed by atoms with E-state index >= 15 is 4.39 Å². The smallest absolute Gasteiger partial charge is 0.254 e. The molecule has 1 saturated carbocycles. The summed E-state index contributed by atoms with van der Waals surface area (Å²) in [5.41, 5.74) is 0.181. The minimum absolute atomic E-state index is 0.0120. The number of hydrogen-bond acceptors (Lipinski definition) is 3. The van der Waals surface area contributed by atoms with Crippen molar-refractivity contribution in [2.45, 2.75) is 90.1 Å². The molecule has 1 aromatic rings. The van der Waals surface area contributed by atoms with Gasteiger partial charge >= 0.3 is 0 Å². The fourth-order valence-corrected chi connectivity index (χ4v) is 5.19. The number of Topliss-reactive ketones (excluding diaryl/α,β-unsaturated/α-hetero) is 1. The number of carbonyl (C=O) groups excluding carboxylic acids is 3. The zero-order valence-electron chi connectivity index (χ0n) is 19.8. The fourth-order valence-electron chi connectivity index (χ4n) is 5.19. The van der Waals surface area contributed by atoms with Gasteiger partial charge in [-0.15, -0.1) is 0 Å². The summed E-state index contributed by atoms with van der Waals surface area (Å²) in [5.74, 6) is -1.31. The summed E-state index contributed by atoms with van der Waals surface area (Å²) in [6, 6.07) is 4.30. The normalized spacial score (nSPS) is 22.4. The molecule has 1 aliphatic carbocycles. The van der Waals surface area contributed by atoms with E-state index in [2.05, 4.69) is 5.32 Å². The van der Waals surface area contributed by atoms with Crippen molar-refractivity contribution in [1.82, 2.24) is 10.2 Å². The molecular weight excluding hydrogens is 407 g/mol. The third-order valence-corrected chi connectivity index (χ3v) is 7.42. The maximum atomic E-state index is 15.5. The lowest BCUT2D eigenvalue weighted by Gasteiger charge is -2.43. The van der Waals surface area contributed by atoms with Crippen molar-refractivity contribution >= 4 is 18.1 Å². The van der Waals surface area contributed by atoms with E-state index in [9.17, 15) is 14.4 Å². The van der Waals surface area contributed by atoms with Gasteiger partial charge in [-0.1, -0.05) is 45.2 Å². The van der Waals surface area contributed by atoms with E-state index in [-0.39, 0.29) is 34.6 Å². The Morgan fingerprint density at radius 3 is 2.47 bits per heavy atom. The molecule has 2 amide bonds. The zero-order valence-corrected chi connectivity index (χ0v) is 19.8. The molecule has 5 nitrogen and oxygen atoms in total. The van der Waals surface area contributed by atoms with Crippen LogP contribution in [0.3, 0.4) is 0 Å². The SMILES string of the molecule is CC(C)C(=O)C(NC(=O)c1cccc(C2CCC(C)(C)N(C=O)C2)c1F)C1CCCCC1. The van der Waals surface area contributed by atoms with Crippen LogP contribution < -0.4 is 5.32 Å². The van der Waals surface area contributed by atoms with Gasteiger partial charge in [-0.3, -0.25) is 14.4 Å². The Kier molecular flexibility index (Phi) is 7.73. The number of halogens is 1. The molecule has 176 valence electrons. The van der Waals surface area contributed by atoms with Gasteiger partial charge in [0.2, 0.25) is 6.41 Å². The Morgan fingerprint density at radius 2 is 1.84 bits per heavy atom. The first-order valence-electron chi connectivity index (χ1n) is 12.0. The number of likely N-dealkylation sites (tertiary alicyclic amines) is 1. The number of rotatable bonds is 7. The van der Waals surface area contributed by atoms with E-state index in [4.69, 9.17) is 0 Å². The molecule has 32 heavy (non-hydrogen) atoms. The number of ketones is 1. The van der Waals surface area contributed by atoms with Crippen LogP contribution in [0.25, 0.3) is 0 Å². The van der Waals surface area contributed by atoms with E-state index in [1.165, 1.54) is 6.07 Å². The molecule has 0 aromatic heterocycles. The second-order valence-corrected chi connectivity index (χ2v) is 10.4. The Labute approximate surface area is 191 Å². The molecule has 1 aliphatic heterocycles. The van der Waals surface area contributed by atoms with Crippen molar-refractivity contribution in [2.24, 2.45) is 11.8 Å². The van der Waals surface area contributed by atoms with E-state index < -0.39 is 17.8 Å². The standard InChI is InChI=1S/C26H37FN2O3/c1-17(2)24(31)23(18-9-6-5-7-10-18)28-25(32)21-12-8-11-20(22(21)27)19-13-14-26(3,4)29(15-19)16-30/h8,11-12,16-19,23H,5-7,9-10,13-15H2,1-4H3,(H,28,32). The largest absolute Gasteiger partial charge is 0.342 e. The van der Waals surface area contributed by atoms with Gasteiger partial charge in [0.05, 0.1) is 11.6 Å². The van der Waals surface area contributed by atoms with Crippen LogP contribution in [0.15, 0.2) is 18.2 Å². The minimum Gasteiger partial charge on any atom is -0.342 e. The van der Waals surface area contributed by atoms with Gasteiger partial charge in [-0.25, -0.2) is 4.39 Å². The van der Waals surface area contributed by atoms with Crippen LogP contribution in [0.1, 0.15) is 94.5 Å². The predicted octanol–water partition coefficient (Wildman–Crippen LogP) is 4.84. The highest BCUT2D eigenvalue weighted by atomic mass is 19.1. The Bertz CT molecular complexity index is 845. The molecule has 0 radical (unpaired) electrons. The average molecular weight is 445 g/mol. The maximum Gasteiger partial charge on any atom is 0.254 e. The molecule has 1 saturated heterocycles. The topological polar surface area (TPSA) is 66.5 Å². The number of carbonyl (C=O) groups is 3. The highest BCUT2D eigenvalue weighted by Gasteiger charge is 2.36. The number of hydrogen-bond donors (Lipinski definition) is 1. The van der Waals surface area contributed by atoms with Gasteiger partial charge < -0.3 is 10.2 Å².